The van der Waals surface area contributed by atoms with E-state index in [-0.39, 0.29) is 17.8 Å². The van der Waals surface area contributed by atoms with Crippen molar-refractivity contribution in [1.29, 1.82) is 0 Å². The van der Waals surface area contributed by atoms with Crippen LogP contribution < -0.4 is 0 Å². The molecule has 2 rings (SSSR count). The van der Waals surface area contributed by atoms with Crippen molar-refractivity contribution in [2.24, 2.45) is 0 Å². The van der Waals surface area contributed by atoms with E-state index in [1.165, 1.54) is 10.9 Å². The molecule has 2 N–H and O–H groups in total. The van der Waals surface area contributed by atoms with Crippen LogP contribution in [-0.2, 0) is 0 Å². The van der Waals surface area contributed by atoms with E-state index in [9.17, 15) is 4.79 Å². The summed E-state index contributed by atoms with van der Waals surface area (Å²) in [5.41, 5.74) is -0.0543. The lowest BCUT2D eigenvalue weighted by atomic mass is 9.90. The molecule has 1 saturated carbocycles. The Morgan fingerprint density at radius 2 is 2.31 bits per heavy atom. The summed E-state index contributed by atoms with van der Waals surface area (Å²) >= 11 is 0. The molecule has 1 fully saturated rings. The van der Waals surface area contributed by atoms with Gasteiger partial charge in [-0.05, 0) is 12.8 Å². The first-order valence-corrected chi connectivity index (χ1v) is 4.00. The maximum absolute atomic E-state index is 10.4. The molecule has 1 aromatic heterocycles. The summed E-state index contributed by atoms with van der Waals surface area (Å²) in [5, 5.41) is 24.7. The minimum absolute atomic E-state index is 0.0543. The minimum Gasteiger partial charge on any atom is -0.476 e. The summed E-state index contributed by atoms with van der Waals surface area (Å²) in [6, 6.07) is 0.107. The molecule has 70 valence electrons. The molecular formula is C7H9N3O3. The molecule has 1 aromatic rings. The molecule has 1 heterocycles. The van der Waals surface area contributed by atoms with Crippen LogP contribution in [0.25, 0.3) is 0 Å². The molecule has 0 amide bonds. The smallest absolute Gasteiger partial charge is 0.358 e. The van der Waals surface area contributed by atoms with Gasteiger partial charge in [0.05, 0.1) is 18.3 Å². The van der Waals surface area contributed by atoms with Gasteiger partial charge in [0.15, 0.2) is 5.69 Å². The Labute approximate surface area is 73.8 Å². The quantitative estimate of drug-likeness (QED) is 0.655. The van der Waals surface area contributed by atoms with E-state index in [4.69, 9.17) is 10.2 Å². The van der Waals surface area contributed by atoms with Gasteiger partial charge in [-0.1, -0.05) is 5.21 Å². The van der Waals surface area contributed by atoms with Gasteiger partial charge < -0.3 is 10.2 Å². The Balaban J connectivity index is 2.10. The molecule has 13 heavy (non-hydrogen) atoms. The van der Waals surface area contributed by atoms with Gasteiger partial charge in [-0.2, -0.15) is 0 Å². The topological polar surface area (TPSA) is 88.2 Å². The van der Waals surface area contributed by atoms with Gasteiger partial charge >= 0.3 is 5.97 Å². The first-order chi connectivity index (χ1) is 6.16. The number of aliphatic hydroxyl groups excluding tert-OH is 1. The normalized spacial score (nSPS) is 26.8. The van der Waals surface area contributed by atoms with Crippen molar-refractivity contribution in [3.05, 3.63) is 11.9 Å². The van der Waals surface area contributed by atoms with Crippen molar-refractivity contribution < 1.29 is 15.0 Å². The molecule has 0 atom stereocenters. The lowest BCUT2D eigenvalue weighted by molar-refractivity contribution is 0.0426. The van der Waals surface area contributed by atoms with Crippen LogP contribution in [0.15, 0.2) is 6.20 Å². The maximum atomic E-state index is 10.4. The lowest BCUT2D eigenvalue weighted by Gasteiger charge is -2.30. The summed E-state index contributed by atoms with van der Waals surface area (Å²) in [6.07, 6.45) is 2.37. The van der Waals surface area contributed by atoms with Crippen LogP contribution in [0.4, 0.5) is 0 Å². The van der Waals surface area contributed by atoms with Crippen LogP contribution in [0.3, 0.4) is 0 Å². The number of hydrogen-bond donors (Lipinski definition) is 2. The molecule has 0 aliphatic heterocycles. The van der Waals surface area contributed by atoms with E-state index in [1.807, 2.05) is 0 Å². The third kappa shape index (κ3) is 1.40. The van der Waals surface area contributed by atoms with Gasteiger partial charge in [0.1, 0.15) is 0 Å². The first kappa shape index (κ1) is 8.18. The Kier molecular flexibility index (Phi) is 1.77. The number of nitrogens with zero attached hydrogens (tertiary/aromatic N) is 3. The minimum atomic E-state index is -1.08. The summed E-state index contributed by atoms with van der Waals surface area (Å²) in [5.74, 6) is -1.08. The lowest BCUT2D eigenvalue weighted by Crippen LogP contribution is -2.31. The highest BCUT2D eigenvalue weighted by Crippen LogP contribution is 2.30. The van der Waals surface area contributed by atoms with E-state index >= 15 is 0 Å². The number of rotatable bonds is 2. The molecule has 0 unspecified atom stereocenters. The zero-order valence-electron chi connectivity index (χ0n) is 6.79. The average molecular weight is 183 g/mol. The largest absolute Gasteiger partial charge is 0.476 e. The van der Waals surface area contributed by atoms with Gasteiger partial charge in [0.25, 0.3) is 0 Å². The van der Waals surface area contributed by atoms with Crippen molar-refractivity contribution >= 4 is 5.97 Å². The van der Waals surface area contributed by atoms with Crippen molar-refractivity contribution in [1.82, 2.24) is 15.0 Å². The van der Waals surface area contributed by atoms with Crippen LogP contribution in [0.1, 0.15) is 29.4 Å². The van der Waals surface area contributed by atoms with Crippen LogP contribution >= 0.6 is 0 Å². The van der Waals surface area contributed by atoms with Crippen molar-refractivity contribution in [3.8, 4) is 0 Å². The molecule has 1 aliphatic carbocycles. The molecule has 0 spiro atoms. The number of aliphatic hydroxyl groups is 1. The van der Waals surface area contributed by atoms with Crippen molar-refractivity contribution in [2.45, 2.75) is 25.0 Å². The van der Waals surface area contributed by atoms with E-state index in [0.717, 1.165) is 0 Å². The van der Waals surface area contributed by atoms with Gasteiger partial charge in [-0.15, -0.1) is 5.10 Å². The summed E-state index contributed by atoms with van der Waals surface area (Å²) in [4.78, 5) is 10.4. The number of hydrogen-bond acceptors (Lipinski definition) is 4. The Bertz CT molecular complexity index is 329. The fourth-order valence-electron chi connectivity index (χ4n) is 1.33. The molecule has 0 radical (unpaired) electrons. The Hall–Kier alpha value is -1.43. The third-order valence-electron chi connectivity index (χ3n) is 2.19. The number of aromatic nitrogens is 3. The SMILES string of the molecule is O=C(O)c1cn(C2CC(O)C2)nn1. The zero-order valence-corrected chi connectivity index (χ0v) is 6.79. The molecule has 0 bridgehead atoms. The second-order valence-electron chi connectivity index (χ2n) is 3.17. The first-order valence-electron chi connectivity index (χ1n) is 4.00. The Morgan fingerprint density at radius 3 is 2.77 bits per heavy atom. The highest BCUT2D eigenvalue weighted by Gasteiger charge is 2.30. The second kappa shape index (κ2) is 2.81. The summed E-state index contributed by atoms with van der Waals surface area (Å²) in [7, 11) is 0. The number of carboxylic acid groups (broad SMARTS) is 1. The van der Waals surface area contributed by atoms with Crippen LogP contribution in [-0.4, -0.2) is 37.3 Å². The predicted octanol–water partition coefficient (Wildman–Crippen LogP) is -0.328. The van der Waals surface area contributed by atoms with Gasteiger partial charge in [-0.3, -0.25) is 0 Å². The fraction of sp³-hybridized carbons (Fsp3) is 0.571. The van der Waals surface area contributed by atoms with E-state index in [2.05, 4.69) is 10.3 Å². The van der Waals surface area contributed by atoms with Crippen molar-refractivity contribution in [2.75, 3.05) is 0 Å². The van der Waals surface area contributed by atoms with Crippen LogP contribution in [0, 0.1) is 0 Å². The summed E-state index contributed by atoms with van der Waals surface area (Å²) in [6.45, 7) is 0. The Morgan fingerprint density at radius 1 is 1.62 bits per heavy atom. The number of carboxylic acids is 1. The van der Waals surface area contributed by atoms with Crippen molar-refractivity contribution in [3.63, 3.8) is 0 Å². The number of carbonyl (C=O) groups is 1. The van der Waals surface area contributed by atoms with E-state index < -0.39 is 5.97 Å². The van der Waals surface area contributed by atoms with E-state index in [0.29, 0.717) is 12.8 Å². The zero-order chi connectivity index (χ0) is 9.42. The summed E-state index contributed by atoms with van der Waals surface area (Å²) < 4.78 is 1.50. The molecule has 0 saturated heterocycles. The second-order valence-corrected chi connectivity index (χ2v) is 3.17. The molecule has 0 aromatic carbocycles. The van der Waals surface area contributed by atoms with E-state index in [1.54, 1.807) is 0 Å². The highest BCUT2D eigenvalue weighted by molar-refractivity contribution is 5.84. The third-order valence-corrected chi connectivity index (χ3v) is 2.19. The average Bonchev–Trinajstić information content (AvgIpc) is 2.46. The standard InChI is InChI=1S/C7H9N3O3/c11-5-1-4(2-5)10-3-6(7(12)13)8-9-10/h3-5,11H,1-2H2,(H,12,13). The van der Waals surface area contributed by atoms with Gasteiger partial charge in [0.2, 0.25) is 0 Å². The number of aromatic carboxylic acids is 1. The van der Waals surface area contributed by atoms with Crippen LogP contribution in [0.2, 0.25) is 0 Å². The van der Waals surface area contributed by atoms with Gasteiger partial charge in [0, 0.05) is 0 Å². The molecule has 6 nitrogen and oxygen atoms in total. The molecule has 6 heteroatoms. The highest BCUT2D eigenvalue weighted by atomic mass is 16.4. The predicted molar refractivity (Wildman–Crippen MR) is 41.3 cm³/mol. The maximum Gasteiger partial charge on any atom is 0.358 e. The molecular weight excluding hydrogens is 174 g/mol. The van der Waals surface area contributed by atoms with Gasteiger partial charge in [-0.25, -0.2) is 9.48 Å². The van der Waals surface area contributed by atoms with Crippen LogP contribution in [0.5, 0.6) is 0 Å². The molecule has 1 aliphatic rings. The fourth-order valence-corrected chi connectivity index (χ4v) is 1.33. The monoisotopic (exact) mass is 183 g/mol.